The zero-order valence-electron chi connectivity index (χ0n) is 11.8. The minimum atomic E-state index is 0.329. The van der Waals surface area contributed by atoms with Crippen molar-refractivity contribution >= 4 is 0 Å². The Kier molecular flexibility index (Phi) is 2.24. The van der Waals surface area contributed by atoms with Crippen molar-refractivity contribution in [3.8, 4) is 0 Å². The minimum Gasteiger partial charge on any atom is -0.361 e. The Morgan fingerprint density at radius 3 is 2.53 bits per heavy atom. The van der Waals surface area contributed by atoms with Gasteiger partial charge in [0.15, 0.2) is 0 Å². The van der Waals surface area contributed by atoms with Crippen LogP contribution in [0, 0.1) is 0 Å². The highest BCUT2D eigenvalue weighted by molar-refractivity contribution is 5.52. The molecule has 2 aliphatic rings. The summed E-state index contributed by atoms with van der Waals surface area (Å²) in [6.45, 7) is 4.55. The van der Waals surface area contributed by atoms with Crippen LogP contribution in [0.25, 0.3) is 0 Å². The first-order chi connectivity index (χ1) is 9.21. The molecule has 2 aliphatic carbocycles. The molecule has 0 radical (unpaired) electrons. The molecule has 0 aliphatic heterocycles. The number of nitrogens with one attached hydrogen (secondary N) is 1. The van der Waals surface area contributed by atoms with Crippen LogP contribution >= 0.6 is 0 Å². The summed E-state index contributed by atoms with van der Waals surface area (Å²) in [6.07, 6.45) is 5.02. The van der Waals surface area contributed by atoms with E-state index in [0.717, 1.165) is 0 Å². The molecule has 0 bridgehead atoms. The Balaban J connectivity index is 1.91. The maximum absolute atomic E-state index is 3.77. The Labute approximate surface area is 115 Å². The van der Waals surface area contributed by atoms with Gasteiger partial charge in [0.2, 0.25) is 0 Å². The van der Waals surface area contributed by atoms with E-state index in [9.17, 15) is 0 Å². The monoisotopic (exact) mass is 251 g/mol. The van der Waals surface area contributed by atoms with Gasteiger partial charge in [0, 0.05) is 16.8 Å². The molecule has 0 amide bonds. The molecule has 4 rings (SSSR count). The topological polar surface area (TPSA) is 15.8 Å². The lowest BCUT2D eigenvalue weighted by Gasteiger charge is -2.17. The number of hydrogen-bond acceptors (Lipinski definition) is 0. The highest BCUT2D eigenvalue weighted by Gasteiger charge is 2.50. The average Bonchev–Trinajstić information content (AvgIpc) is 3.12. The summed E-state index contributed by atoms with van der Waals surface area (Å²) in [5, 5.41) is 0. The van der Waals surface area contributed by atoms with E-state index in [1.165, 1.54) is 37.1 Å². The van der Waals surface area contributed by atoms with E-state index < -0.39 is 0 Å². The van der Waals surface area contributed by atoms with Gasteiger partial charge in [-0.15, -0.1) is 0 Å². The normalized spacial score (nSPS) is 19.1. The maximum atomic E-state index is 3.77. The van der Waals surface area contributed by atoms with E-state index in [2.05, 4.69) is 49.2 Å². The van der Waals surface area contributed by atoms with Crippen LogP contribution in [-0.2, 0) is 18.3 Å². The lowest BCUT2D eigenvalue weighted by atomic mass is 9.89. The first kappa shape index (κ1) is 11.3. The predicted octanol–water partition coefficient (Wildman–Crippen LogP) is 4.32. The second-order valence-corrected chi connectivity index (χ2v) is 6.52. The summed E-state index contributed by atoms with van der Waals surface area (Å²) in [7, 11) is 0. The fourth-order valence-corrected chi connectivity index (χ4v) is 3.71. The van der Waals surface area contributed by atoms with Crippen LogP contribution in [0.3, 0.4) is 0 Å². The van der Waals surface area contributed by atoms with E-state index in [1.54, 1.807) is 16.7 Å². The third-order valence-corrected chi connectivity index (χ3v) is 4.97. The van der Waals surface area contributed by atoms with Crippen molar-refractivity contribution < 1.29 is 0 Å². The van der Waals surface area contributed by atoms with Crippen LogP contribution in [-0.4, -0.2) is 4.98 Å². The third-order valence-electron chi connectivity index (χ3n) is 4.97. The molecule has 0 unspecified atom stereocenters. The van der Waals surface area contributed by atoms with E-state index in [4.69, 9.17) is 0 Å². The number of aromatic amines is 1. The molecule has 1 saturated carbocycles. The largest absolute Gasteiger partial charge is 0.361 e. The van der Waals surface area contributed by atoms with E-state index in [1.807, 2.05) is 0 Å². The quantitative estimate of drug-likeness (QED) is 0.777. The van der Waals surface area contributed by atoms with Gasteiger partial charge in [0.05, 0.1) is 0 Å². The molecule has 1 N–H and O–H groups in total. The Morgan fingerprint density at radius 2 is 1.79 bits per heavy atom. The molecule has 1 heterocycles. The van der Waals surface area contributed by atoms with Gasteiger partial charge >= 0.3 is 0 Å². The van der Waals surface area contributed by atoms with Crippen molar-refractivity contribution in [3.05, 3.63) is 58.4 Å². The van der Waals surface area contributed by atoms with Crippen LogP contribution in [0.5, 0.6) is 0 Å². The number of rotatable bonds is 1. The Morgan fingerprint density at radius 1 is 1.05 bits per heavy atom. The summed E-state index contributed by atoms with van der Waals surface area (Å²) in [4.78, 5) is 3.77. The molecule has 0 saturated heterocycles. The van der Waals surface area contributed by atoms with Gasteiger partial charge in [-0.1, -0.05) is 38.1 Å². The van der Waals surface area contributed by atoms with Crippen LogP contribution in [0.4, 0.5) is 0 Å². The Bertz CT molecular complexity index is 629. The van der Waals surface area contributed by atoms with Gasteiger partial charge in [-0.05, 0) is 54.4 Å². The number of benzene rings is 1. The lowest BCUT2D eigenvalue weighted by Crippen LogP contribution is -2.11. The van der Waals surface area contributed by atoms with Crippen LogP contribution in [0.2, 0.25) is 0 Å². The molecule has 1 nitrogen and oxygen atoms in total. The first-order valence-corrected chi connectivity index (χ1v) is 7.51. The second-order valence-electron chi connectivity index (χ2n) is 6.52. The van der Waals surface area contributed by atoms with Crippen LogP contribution < -0.4 is 0 Å². The highest BCUT2D eigenvalue weighted by Crippen LogP contribution is 2.56. The van der Waals surface area contributed by atoms with Crippen molar-refractivity contribution in [2.45, 2.75) is 50.9 Å². The highest BCUT2D eigenvalue weighted by atomic mass is 14.8. The van der Waals surface area contributed by atoms with E-state index in [-0.39, 0.29) is 0 Å². The summed E-state index contributed by atoms with van der Waals surface area (Å²) in [5.74, 6) is 0.595. The van der Waals surface area contributed by atoms with Crippen molar-refractivity contribution in [1.29, 1.82) is 0 Å². The van der Waals surface area contributed by atoms with E-state index in [0.29, 0.717) is 11.3 Å². The van der Waals surface area contributed by atoms with Crippen LogP contribution in [0.15, 0.2) is 30.3 Å². The second kappa shape index (κ2) is 3.75. The molecule has 98 valence electrons. The predicted molar refractivity (Wildman–Crippen MR) is 78.7 cm³/mol. The smallest absolute Gasteiger partial charge is 0.0359 e. The molecule has 0 atom stereocenters. The number of fused-ring (bicyclic) bond motifs is 4. The van der Waals surface area contributed by atoms with Gasteiger partial charge in [-0.25, -0.2) is 0 Å². The molecule has 1 spiro atoms. The number of aromatic nitrogens is 1. The molecular weight excluding hydrogens is 230 g/mol. The summed E-state index contributed by atoms with van der Waals surface area (Å²) < 4.78 is 0. The maximum Gasteiger partial charge on any atom is 0.0359 e. The van der Waals surface area contributed by atoms with Gasteiger partial charge in [0.25, 0.3) is 0 Å². The number of hydrogen-bond donors (Lipinski definition) is 1. The summed E-state index contributed by atoms with van der Waals surface area (Å²) in [5.41, 5.74) is 7.99. The molecule has 19 heavy (non-hydrogen) atoms. The summed E-state index contributed by atoms with van der Waals surface area (Å²) >= 11 is 0. The van der Waals surface area contributed by atoms with Crippen molar-refractivity contribution in [3.63, 3.8) is 0 Å². The van der Waals surface area contributed by atoms with Gasteiger partial charge in [-0.3, -0.25) is 0 Å². The minimum absolute atomic E-state index is 0.329. The van der Waals surface area contributed by atoms with Crippen molar-refractivity contribution in [2.75, 3.05) is 0 Å². The zero-order chi connectivity index (χ0) is 13.0. The average molecular weight is 251 g/mol. The molecule has 1 fully saturated rings. The van der Waals surface area contributed by atoms with Crippen molar-refractivity contribution in [2.24, 2.45) is 0 Å². The van der Waals surface area contributed by atoms with Crippen molar-refractivity contribution in [1.82, 2.24) is 4.98 Å². The van der Waals surface area contributed by atoms with Crippen LogP contribution in [0.1, 0.15) is 60.7 Å². The van der Waals surface area contributed by atoms with E-state index >= 15 is 0 Å². The molecular formula is C18H21N. The zero-order valence-corrected chi connectivity index (χ0v) is 11.8. The molecule has 1 heteroatoms. The SMILES string of the molecule is CC(C)c1cc2c([nH]1)C1(CC1)c1ccccc1CC2. The first-order valence-electron chi connectivity index (χ1n) is 7.51. The fraction of sp³-hybridized carbons (Fsp3) is 0.444. The molecule has 2 aromatic rings. The van der Waals surface area contributed by atoms with Gasteiger partial charge < -0.3 is 4.98 Å². The third kappa shape index (κ3) is 1.54. The van der Waals surface area contributed by atoms with Gasteiger partial charge in [0.1, 0.15) is 0 Å². The number of H-pyrrole nitrogens is 1. The number of aryl methyl sites for hydroxylation is 2. The molecule has 1 aromatic heterocycles. The lowest BCUT2D eigenvalue weighted by molar-refractivity contribution is 0.772. The Hall–Kier alpha value is -1.50. The van der Waals surface area contributed by atoms with Gasteiger partial charge in [-0.2, -0.15) is 0 Å². The standard InChI is InChI=1S/C18H21N/c1-12(2)16-11-14-8-7-13-5-3-4-6-15(13)18(9-10-18)17(14)19-16/h3-6,11-12,19H,7-10H2,1-2H3. The summed E-state index contributed by atoms with van der Waals surface area (Å²) in [6, 6.07) is 11.5. The molecule has 1 aromatic carbocycles. The fourth-order valence-electron chi connectivity index (χ4n) is 3.71.